The summed E-state index contributed by atoms with van der Waals surface area (Å²) in [6, 6.07) is 26.5. The molecule has 1 unspecified atom stereocenters. The number of para-hydroxylation sites is 2. The summed E-state index contributed by atoms with van der Waals surface area (Å²) in [5, 5.41) is 0. The average molecular weight is 482 g/mol. The van der Waals surface area contributed by atoms with E-state index in [4.69, 9.17) is 0 Å². The Balaban J connectivity index is 1.55. The van der Waals surface area contributed by atoms with Crippen LogP contribution in [0, 0.1) is 5.82 Å². The molecule has 0 saturated carbocycles. The first-order valence-electron chi connectivity index (χ1n) is 12.3. The molecule has 0 aliphatic carbocycles. The molecule has 1 atom stereocenters. The van der Waals surface area contributed by atoms with Crippen LogP contribution in [0.3, 0.4) is 0 Å². The highest BCUT2D eigenvalue weighted by Gasteiger charge is 2.37. The Labute approximate surface area is 210 Å². The second-order valence-corrected chi connectivity index (χ2v) is 8.96. The van der Waals surface area contributed by atoms with Crippen LogP contribution in [0.5, 0.6) is 0 Å². The minimum Gasteiger partial charge on any atom is -0.329 e. The molecule has 0 fully saturated rings. The van der Waals surface area contributed by atoms with E-state index < -0.39 is 6.04 Å². The van der Waals surface area contributed by atoms with Gasteiger partial charge in [-0.05, 0) is 60.5 Å². The van der Waals surface area contributed by atoms with Crippen LogP contribution < -0.4 is 4.90 Å². The van der Waals surface area contributed by atoms with Crippen LogP contribution in [0.4, 0.5) is 10.1 Å². The molecule has 5 nitrogen and oxygen atoms in total. The van der Waals surface area contributed by atoms with Crippen LogP contribution in [0.2, 0.25) is 0 Å². The topological polar surface area (TPSA) is 45.6 Å². The fourth-order valence-electron chi connectivity index (χ4n) is 4.83. The van der Waals surface area contributed by atoms with Crippen molar-refractivity contribution in [2.75, 3.05) is 18.0 Å². The maximum atomic E-state index is 14.1. The van der Waals surface area contributed by atoms with Gasteiger partial charge in [-0.15, -0.1) is 0 Å². The standard InChI is InChI=1S/C30H28FN3O2/c1-2-3-19-32(30(36)23-10-5-4-6-11-23)21-28(35)34-26-13-8-7-12-25(26)33-20-9-14-27(33)29(34)22-15-17-24(31)18-16-22/h4-18,20,29H,2-3,19,21H2,1H3. The number of nitrogens with zero attached hydrogens (tertiary/aromatic N) is 3. The van der Waals surface area contributed by atoms with E-state index in [0.717, 1.165) is 35.5 Å². The molecule has 36 heavy (non-hydrogen) atoms. The summed E-state index contributed by atoms with van der Waals surface area (Å²) in [6.45, 7) is 2.50. The fourth-order valence-corrected chi connectivity index (χ4v) is 4.83. The first-order chi connectivity index (χ1) is 17.6. The van der Waals surface area contributed by atoms with E-state index in [2.05, 4.69) is 11.5 Å². The van der Waals surface area contributed by atoms with Gasteiger partial charge < -0.3 is 9.47 Å². The van der Waals surface area contributed by atoms with E-state index in [-0.39, 0.29) is 24.2 Å². The number of aromatic nitrogens is 1. The minimum absolute atomic E-state index is 0.0551. The summed E-state index contributed by atoms with van der Waals surface area (Å²) >= 11 is 0. The molecule has 1 aliphatic heterocycles. The Morgan fingerprint density at radius 3 is 2.28 bits per heavy atom. The maximum absolute atomic E-state index is 14.1. The number of rotatable bonds is 7. The average Bonchev–Trinajstić information content (AvgIpc) is 3.41. The molecule has 1 aliphatic rings. The van der Waals surface area contributed by atoms with Crippen molar-refractivity contribution in [1.29, 1.82) is 0 Å². The normalized spacial score (nSPS) is 14.2. The summed E-state index contributed by atoms with van der Waals surface area (Å²) in [4.78, 5) is 30.9. The van der Waals surface area contributed by atoms with Gasteiger partial charge in [-0.1, -0.05) is 55.8 Å². The van der Waals surface area contributed by atoms with Crippen molar-refractivity contribution in [2.24, 2.45) is 0 Å². The molecule has 1 aromatic heterocycles. The van der Waals surface area contributed by atoms with E-state index >= 15 is 0 Å². The molecule has 5 rings (SSSR count). The molecule has 3 aromatic carbocycles. The lowest BCUT2D eigenvalue weighted by Crippen LogP contribution is -2.47. The highest BCUT2D eigenvalue weighted by molar-refractivity contribution is 6.02. The summed E-state index contributed by atoms with van der Waals surface area (Å²) in [7, 11) is 0. The number of amides is 2. The van der Waals surface area contributed by atoms with Crippen molar-refractivity contribution in [3.05, 3.63) is 120 Å². The number of carbonyl (C=O) groups is 2. The molecule has 2 heterocycles. The zero-order chi connectivity index (χ0) is 25.1. The molecule has 0 saturated heterocycles. The van der Waals surface area contributed by atoms with Gasteiger partial charge in [0, 0.05) is 18.3 Å². The molecule has 182 valence electrons. The molecule has 0 radical (unpaired) electrons. The van der Waals surface area contributed by atoms with E-state index in [9.17, 15) is 14.0 Å². The first kappa shape index (κ1) is 23.5. The number of carbonyl (C=O) groups excluding carboxylic acids is 2. The zero-order valence-corrected chi connectivity index (χ0v) is 20.2. The lowest BCUT2D eigenvalue weighted by molar-refractivity contribution is -0.119. The molecule has 0 N–H and O–H groups in total. The second kappa shape index (κ2) is 10.2. The number of anilines is 1. The summed E-state index contributed by atoms with van der Waals surface area (Å²) in [5.41, 5.74) is 3.91. The first-order valence-corrected chi connectivity index (χ1v) is 12.3. The van der Waals surface area contributed by atoms with Crippen molar-refractivity contribution >= 4 is 17.5 Å². The fraction of sp³-hybridized carbons (Fsp3) is 0.200. The van der Waals surface area contributed by atoms with Crippen molar-refractivity contribution in [3.8, 4) is 5.69 Å². The van der Waals surface area contributed by atoms with Crippen LogP contribution in [0.25, 0.3) is 5.69 Å². The third-order valence-corrected chi connectivity index (χ3v) is 6.59. The van der Waals surface area contributed by atoms with E-state index in [0.29, 0.717) is 12.1 Å². The van der Waals surface area contributed by atoms with Crippen LogP contribution >= 0.6 is 0 Å². The van der Waals surface area contributed by atoms with Crippen LogP contribution in [-0.4, -0.2) is 34.4 Å². The van der Waals surface area contributed by atoms with Crippen LogP contribution in [0.1, 0.15) is 47.4 Å². The zero-order valence-electron chi connectivity index (χ0n) is 20.2. The van der Waals surface area contributed by atoms with Gasteiger partial charge in [0.1, 0.15) is 18.4 Å². The van der Waals surface area contributed by atoms with Crippen molar-refractivity contribution < 1.29 is 14.0 Å². The minimum atomic E-state index is -0.456. The van der Waals surface area contributed by atoms with E-state index in [1.54, 1.807) is 34.1 Å². The van der Waals surface area contributed by atoms with E-state index in [1.807, 2.05) is 60.8 Å². The number of benzene rings is 3. The van der Waals surface area contributed by atoms with Gasteiger partial charge in [0.15, 0.2) is 0 Å². The Kier molecular flexibility index (Phi) is 6.67. The quantitative estimate of drug-likeness (QED) is 0.325. The van der Waals surface area contributed by atoms with E-state index in [1.165, 1.54) is 12.1 Å². The smallest absolute Gasteiger partial charge is 0.254 e. The highest BCUT2D eigenvalue weighted by atomic mass is 19.1. The molecule has 4 aromatic rings. The number of halogens is 1. The maximum Gasteiger partial charge on any atom is 0.254 e. The molecule has 0 bridgehead atoms. The number of fused-ring (bicyclic) bond motifs is 3. The van der Waals surface area contributed by atoms with Crippen molar-refractivity contribution in [3.63, 3.8) is 0 Å². The van der Waals surface area contributed by atoms with Crippen LogP contribution in [0.15, 0.2) is 97.2 Å². The summed E-state index contributed by atoms with van der Waals surface area (Å²) in [6.07, 6.45) is 3.68. The van der Waals surface area contributed by atoms with Gasteiger partial charge >= 0.3 is 0 Å². The molecular formula is C30H28FN3O2. The summed E-state index contributed by atoms with van der Waals surface area (Å²) in [5.74, 6) is -0.684. The monoisotopic (exact) mass is 481 g/mol. The molecule has 0 spiro atoms. The van der Waals surface area contributed by atoms with Crippen molar-refractivity contribution in [1.82, 2.24) is 9.47 Å². The Hall–Kier alpha value is -4.19. The van der Waals surface area contributed by atoms with Gasteiger partial charge in [0.2, 0.25) is 5.91 Å². The second-order valence-electron chi connectivity index (χ2n) is 8.96. The predicted molar refractivity (Wildman–Crippen MR) is 139 cm³/mol. The molecule has 6 heteroatoms. The van der Waals surface area contributed by atoms with Gasteiger partial charge in [-0.25, -0.2) is 4.39 Å². The molecule has 2 amide bonds. The van der Waals surface area contributed by atoms with Gasteiger partial charge in [-0.2, -0.15) is 0 Å². The SMILES string of the molecule is CCCCN(CC(=O)N1c2ccccc2-n2cccc2C1c1ccc(F)cc1)C(=O)c1ccccc1. The van der Waals surface area contributed by atoms with Crippen molar-refractivity contribution in [2.45, 2.75) is 25.8 Å². The van der Waals surface area contributed by atoms with Gasteiger partial charge in [0.25, 0.3) is 5.91 Å². The summed E-state index contributed by atoms with van der Waals surface area (Å²) < 4.78 is 15.9. The van der Waals surface area contributed by atoms with Gasteiger partial charge in [-0.3, -0.25) is 14.5 Å². The Morgan fingerprint density at radius 1 is 0.861 bits per heavy atom. The largest absolute Gasteiger partial charge is 0.329 e. The van der Waals surface area contributed by atoms with Gasteiger partial charge in [0.05, 0.1) is 17.1 Å². The lowest BCUT2D eigenvalue weighted by atomic mass is 9.97. The number of hydrogen-bond acceptors (Lipinski definition) is 2. The third kappa shape index (κ3) is 4.42. The third-order valence-electron chi connectivity index (χ3n) is 6.59. The number of unbranched alkanes of at least 4 members (excludes halogenated alkanes) is 1. The highest BCUT2D eigenvalue weighted by Crippen LogP contribution is 2.42. The van der Waals surface area contributed by atoms with Crippen LogP contribution in [-0.2, 0) is 4.79 Å². The number of hydrogen-bond donors (Lipinski definition) is 0. The Morgan fingerprint density at radius 2 is 1.56 bits per heavy atom. The lowest BCUT2D eigenvalue weighted by Gasteiger charge is -2.39. The predicted octanol–water partition coefficient (Wildman–Crippen LogP) is 5.99. The molecular weight excluding hydrogens is 453 g/mol. The Bertz CT molecular complexity index is 1360.